The number of ether oxygens (including phenoxy) is 2. The van der Waals surface area contributed by atoms with E-state index >= 15 is 0 Å². The minimum absolute atomic E-state index is 0.601. The highest BCUT2D eigenvalue weighted by Crippen LogP contribution is 2.36. The lowest BCUT2D eigenvalue weighted by molar-refractivity contribution is 0.307. The average Bonchev–Trinajstić information content (AvgIpc) is 2.50. The van der Waals surface area contributed by atoms with Gasteiger partial charge in [-0.05, 0) is 56.2 Å². The summed E-state index contributed by atoms with van der Waals surface area (Å²) in [6, 6.07) is 10.3. The van der Waals surface area contributed by atoms with Crippen molar-refractivity contribution < 1.29 is 9.47 Å². The van der Waals surface area contributed by atoms with Gasteiger partial charge < -0.3 is 14.8 Å². The summed E-state index contributed by atoms with van der Waals surface area (Å²) in [5.74, 6) is 1.54. The molecule has 0 saturated carbocycles. The Kier molecular flexibility index (Phi) is 5.72. The molecule has 0 spiro atoms. The third-order valence-corrected chi connectivity index (χ3v) is 4.39. The van der Waals surface area contributed by atoms with Gasteiger partial charge in [0, 0.05) is 22.3 Å². The van der Waals surface area contributed by atoms with Crippen molar-refractivity contribution in [3.05, 3.63) is 51.5 Å². The number of aryl methyl sites for hydroxylation is 2. The molecule has 2 aromatic rings. The normalized spacial score (nSPS) is 10.4. The van der Waals surface area contributed by atoms with E-state index in [-0.39, 0.29) is 0 Å². The minimum atomic E-state index is 0.601. The summed E-state index contributed by atoms with van der Waals surface area (Å²) in [7, 11) is 1.66. The number of hydrogen-bond acceptors (Lipinski definition) is 3. The second-order valence-corrected chi connectivity index (χ2v) is 6.00. The Morgan fingerprint density at radius 1 is 1.09 bits per heavy atom. The lowest BCUT2D eigenvalue weighted by Gasteiger charge is -2.17. The van der Waals surface area contributed by atoms with Gasteiger partial charge in [0.2, 0.25) is 0 Å². The van der Waals surface area contributed by atoms with Gasteiger partial charge in [0.05, 0.1) is 13.7 Å². The van der Waals surface area contributed by atoms with Crippen LogP contribution in [0.5, 0.6) is 11.5 Å². The van der Waals surface area contributed by atoms with Crippen molar-refractivity contribution in [3.8, 4) is 11.5 Å². The Hall–Kier alpha value is -1.68. The van der Waals surface area contributed by atoms with E-state index in [0.717, 1.165) is 27.2 Å². The molecule has 0 amide bonds. The zero-order valence-electron chi connectivity index (χ0n) is 13.5. The fourth-order valence-corrected chi connectivity index (χ4v) is 2.70. The van der Waals surface area contributed by atoms with Crippen LogP contribution < -0.4 is 14.8 Å². The Morgan fingerprint density at radius 3 is 2.50 bits per heavy atom. The summed E-state index contributed by atoms with van der Waals surface area (Å²) in [5, 5.41) is 3.45. The molecule has 0 fully saturated rings. The molecule has 2 rings (SSSR count). The number of nitrogens with one attached hydrogen (secondary N) is 1. The maximum atomic E-state index is 5.78. The fourth-order valence-electron chi connectivity index (χ4n) is 2.25. The molecule has 0 saturated heterocycles. The topological polar surface area (TPSA) is 30.5 Å². The van der Waals surface area contributed by atoms with Crippen LogP contribution in [0.15, 0.2) is 34.8 Å². The number of anilines is 1. The smallest absolute Gasteiger partial charge is 0.167 e. The molecule has 0 atom stereocenters. The second-order valence-electron chi connectivity index (χ2n) is 5.14. The van der Waals surface area contributed by atoms with E-state index in [0.29, 0.717) is 13.2 Å². The summed E-state index contributed by atoms with van der Waals surface area (Å²) in [5.41, 5.74) is 4.72. The number of rotatable bonds is 6. The van der Waals surface area contributed by atoms with Gasteiger partial charge in [0.15, 0.2) is 11.5 Å². The summed E-state index contributed by atoms with van der Waals surface area (Å²) in [4.78, 5) is 0. The molecular weight excluding hydrogens is 342 g/mol. The molecule has 1 N–H and O–H groups in total. The largest absolute Gasteiger partial charge is 0.493 e. The molecule has 118 valence electrons. The SMILES string of the molecule is CCOc1c(OC)ccc(Br)c1CNc1ccc(C)c(C)c1. The van der Waals surface area contributed by atoms with Crippen LogP contribution in [-0.4, -0.2) is 13.7 Å². The van der Waals surface area contributed by atoms with Crippen LogP contribution in [0.1, 0.15) is 23.6 Å². The molecule has 0 heterocycles. The maximum Gasteiger partial charge on any atom is 0.167 e. The zero-order valence-corrected chi connectivity index (χ0v) is 15.1. The van der Waals surface area contributed by atoms with Gasteiger partial charge in [-0.3, -0.25) is 0 Å². The highest BCUT2D eigenvalue weighted by Gasteiger charge is 2.14. The third-order valence-electron chi connectivity index (χ3n) is 3.65. The van der Waals surface area contributed by atoms with E-state index in [2.05, 4.69) is 53.3 Å². The first-order valence-electron chi connectivity index (χ1n) is 7.36. The van der Waals surface area contributed by atoms with Crippen molar-refractivity contribution in [3.63, 3.8) is 0 Å². The molecule has 0 aliphatic carbocycles. The van der Waals surface area contributed by atoms with E-state index in [4.69, 9.17) is 9.47 Å². The molecule has 0 bridgehead atoms. The molecule has 0 unspecified atom stereocenters. The van der Waals surface area contributed by atoms with E-state index in [1.54, 1.807) is 7.11 Å². The predicted molar refractivity (Wildman–Crippen MR) is 95.1 cm³/mol. The zero-order chi connectivity index (χ0) is 16.1. The van der Waals surface area contributed by atoms with Crippen molar-refractivity contribution in [1.29, 1.82) is 0 Å². The first-order chi connectivity index (χ1) is 10.6. The van der Waals surface area contributed by atoms with Crippen LogP contribution in [0.2, 0.25) is 0 Å². The Labute approximate surface area is 140 Å². The minimum Gasteiger partial charge on any atom is -0.493 e. The Bertz CT molecular complexity index is 656. The summed E-state index contributed by atoms with van der Waals surface area (Å²) < 4.78 is 12.2. The number of benzene rings is 2. The summed E-state index contributed by atoms with van der Waals surface area (Å²) >= 11 is 3.60. The first kappa shape index (κ1) is 16.7. The Balaban J connectivity index is 2.26. The van der Waals surface area contributed by atoms with Gasteiger partial charge in [-0.25, -0.2) is 0 Å². The van der Waals surface area contributed by atoms with Crippen LogP contribution >= 0.6 is 15.9 Å². The number of methoxy groups -OCH3 is 1. The van der Waals surface area contributed by atoms with Crippen molar-refractivity contribution >= 4 is 21.6 Å². The fraction of sp³-hybridized carbons (Fsp3) is 0.333. The van der Waals surface area contributed by atoms with Gasteiger partial charge in [0.1, 0.15) is 0 Å². The summed E-state index contributed by atoms with van der Waals surface area (Å²) in [6.07, 6.45) is 0. The molecule has 22 heavy (non-hydrogen) atoms. The van der Waals surface area contributed by atoms with Crippen LogP contribution in [0.3, 0.4) is 0 Å². The van der Waals surface area contributed by atoms with Gasteiger partial charge in [-0.15, -0.1) is 0 Å². The van der Waals surface area contributed by atoms with E-state index < -0.39 is 0 Å². The van der Waals surface area contributed by atoms with Gasteiger partial charge in [0.25, 0.3) is 0 Å². The van der Waals surface area contributed by atoms with E-state index in [9.17, 15) is 0 Å². The lowest BCUT2D eigenvalue weighted by Crippen LogP contribution is -2.06. The lowest BCUT2D eigenvalue weighted by atomic mass is 10.1. The number of halogens is 1. The molecule has 0 aliphatic heterocycles. The van der Waals surface area contributed by atoms with Gasteiger partial charge in [-0.2, -0.15) is 0 Å². The van der Waals surface area contributed by atoms with Gasteiger partial charge >= 0.3 is 0 Å². The van der Waals surface area contributed by atoms with Crippen molar-refractivity contribution in [2.75, 3.05) is 19.0 Å². The molecule has 3 nitrogen and oxygen atoms in total. The second kappa shape index (κ2) is 7.54. The Morgan fingerprint density at radius 2 is 1.86 bits per heavy atom. The molecule has 0 aliphatic rings. The molecule has 0 radical (unpaired) electrons. The van der Waals surface area contributed by atoms with Crippen molar-refractivity contribution in [1.82, 2.24) is 0 Å². The number of hydrogen-bond donors (Lipinski definition) is 1. The predicted octanol–water partition coefficient (Wildman–Crippen LogP) is 5.09. The average molecular weight is 364 g/mol. The first-order valence-corrected chi connectivity index (χ1v) is 8.15. The highest BCUT2D eigenvalue weighted by molar-refractivity contribution is 9.10. The van der Waals surface area contributed by atoms with Crippen LogP contribution in [0, 0.1) is 13.8 Å². The highest BCUT2D eigenvalue weighted by atomic mass is 79.9. The van der Waals surface area contributed by atoms with Gasteiger partial charge in [-0.1, -0.05) is 22.0 Å². The standard InChI is InChI=1S/C18H22BrNO2/c1-5-22-18-15(16(19)8-9-17(18)21-4)11-20-14-7-6-12(2)13(3)10-14/h6-10,20H,5,11H2,1-4H3. The third kappa shape index (κ3) is 3.74. The molecule has 4 heteroatoms. The maximum absolute atomic E-state index is 5.78. The van der Waals surface area contributed by atoms with E-state index in [1.165, 1.54) is 11.1 Å². The van der Waals surface area contributed by atoms with Crippen LogP contribution in [0.4, 0.5) is 5.69 Å². The van der Waals surface area contributed by atoms with Crippen molar-refractivity contribution in [2.24, 2.45) is 0 Å². The van der Waals surface area contributed by atoms with Crippen molar-refractivity contribution in [2.45, 2.75) is 27.3 Å². The molecule has 2 aromatic carbocycles. The molecular formula is C18H22BrNO2. The monoisotopic (exact) mass is 363 g/mol. The van der Waals surface area contributed by atoms with E-state index in [1.807, 2.05) is 19.1 Å². The molecule has 0 aromatic heterocycles. The summed E-state index contributed by atoms with van der Waals surface area (Å²) in [6.45, 7) is 7.47. The quantitative estimate of drug-likeness (QED) is 0.775. The van der Waals surface area contributed by atoms with Crippen LogP contribution in [0.25, 0.3) is 0 Å². The van der Waals surface area contributed by atoms with Crippen LogP contribution in [-0.2, 0) is 6.54 Å².